The number of piperidine rings is 1. The number of rotatable bonds is 7. The van der Waals surface area contributed by atoms with Crippen LogP contribution in [0.2, 0.25) is 0 Å². The molecule has 1 aliphatic heterocycles. The maximum atomic E-state index is 13.0. The summed E-state index contributed by atoms with van der Waals surface area (Å²) in [6.07, 6.45) is 1.15. The Kier molecular flexibility index (Phi) is 7.49. The van der Waals surface area contributed by atoms with E-state index in [4.69, 9.17) is 0 Å². The average Bonchev–Trinajstić information content (AvgIpc) is 2.74. The Hall–Kier alpha value is -1.70. The molecule has 0 unspecified atom stereocenters. The number of benzene rings is 2. The summed E-state index contributed by atoms with van der Waals surface area (Å²) in [4.78, 5) is 14.8. The van der Waals surface area contributed by atoms with E-state index in [0.717, 1.165) is 15.6 Å². The van der Waals surface area contributed by atoms with Crippen molar-refractivity contribution in [1.82, 2.24) is 9.21 Å². The van der Waals surface area contributed by atoms with Crippen LogP contribution in [0.4, 0.5) is 0 Å². The van der Waals surface area contributed by atoms with Crippen LogP contribution in [0.25, 0.3) is 0 Å². The molecule has 0 N–H and O–H groups in total. The number of carbonyl (C=O) groups is 1. The van der Waals surface area contributed by atoms with Crippen molar-refractivity contribution < 1.29 is 13.2 Å². The minimum Gasteiger partial charge on any atom is -0.338 e. The van der Waals surface area contributed by atoms with E-state index in [1.165, 1.54) is 4.31 Å². The number of halogens is 1. The minimum absolute atomic E-state index is 0.00597. The minimum atomic E-state index is -3.38. The largest absolute Gasteiger partial charge is 0.338 e. The fourth-order valence-electron chi connectivity index (χ4n) is 3.67. The van der Waals surface area contributed by atoms with Crippen LogP contribution in [0.5, 0.6) is 0 Å². The normalized spacial score (nSPS) is 15.9. The van der Waals surface area contributed by atoms with Gasteiger partial charge in [-0.05, 0) is 43.0 Å². The summed E-state index contributed by atoms with van der Waals surface area (Å²) in [5.74, 6) is 0.00709. The second-order valence-corrected chi connectivity index (χ2v) is 10.3. The maximum Gasteiger partial charge on any atom is 0.226 e. The molecule has 1 fully saturated rings. The summed E-state index contributed by atoms with van der Waals surface area (Å²) in [6, 6.07) is 17.3. The number of amides is 1. The third-order valence-corrected chi connectivity index (χ3v) is 7.75. The zero-order valence-electron chi connectivity index (χ0n) is 16.6. The molecule has 2 aromatic rings. The number of hydrogen-bond acceptors (Lipinski definition) is 3. The summed E-state index contributed by atoms with van der Waals surface area (Å²) >= 11 is 3.36. The molecule has 5 nitrogen and oxygen atoms in total. The van der Waals surface area contributed by atoms with Crippen molar-refractivity contribution in [3.63, 3.8) is 0 Å². The molecule has 1 amide bonds. The lowest BCUT2D eigenvalue weighted by molar-refractivity contribution is -0.137. The summed E-state index contributed by atoms with van der Waals surface area (Å²) < 4.78 is 28.0. The topological polar surface area (TPSA) is 57.7 Å². The van der Waals surface area contributed by atoms with Crippen LogP contribution in [0.1, 0.15) is 30.9 Å². The lowest BCUT2D eigenvalue weighted by Crippen LogP contribution is -2.44. The molecule has 0 bridgehead atoms. The van der Waals surface area contributed by atoms with Crippen LogP contribution in [0.15, 0.2) is 59.1 Å². The Bertz CT molecular complexity index is 909. The van der Waals surface area contributed by atoms with Gasteiger partial charge >= 0.3 is 0 Å². The fourth-order valence-corrected chi connectivity index (χ4v) is 5.50. The Labute approximate surface area is 181 Å². The molecule has 0 aromatic heterocycles. The molecule has 29 heavy (non-hydrogen) atoms. The lowest BCUT2D eigenvalue weighted by atomic mass is 9.96. The van der Waals surface area contributed by atoms with Crippen LogP contribution in [-0.2, 0) is 27.1 Å². The van der Waals surface area contributed by atoms with Gasteiger partial charge in [0, 0.05) is 36.6 Å². The highest BCUT2D eigenvalue weighted by molar-refractivity contribution is 9.10. The van der Waals surface area contributed by atoms with Gasteiger partial charge < -0.3 is 4.90 Å². The van der Waals surface area contributed by atoms with Crippen molar-refractivity contribution in [3.05, 3.63) is 70.2 Å². The molecular formula is C22H27BrN2O3S. The summed E-state index contributed by atoms with van der Waals surface area (Å²) in [7, 11) is -3.38. The monoisotopic (exact) mass is 478 g/mol. The molecule has 156 valence electrons. The zero-order valence-corrected chi connectivity index (χ0v) is 19.0. The number of carbonyl (C=O) groups excluding carboxylic acids is 1. The molecule has 1 aliphatic rings. The Morgan fingerprint density at radius 3 is 2.24 bits per heavy atom. The van der Waals surface area contributed by atoms with E-state index in [9.17, 15) is 13.2 Å². The highest BCUT2D eigenvalue weighted by atomic mass is 79.9. The van der Waals surface area contributed by atoms with E-state index in [2.05, 4.69) is 15.9 Å². The maximum absolute atomic E-state index is 13.0. The number of hydrogen-bond donors (Lipinski definition) is 0. The molecule has 3 rings (SSSR count). The molecular weight excluding hydrogens is 452 g/mol. The van der Waals surface area contributed by atoms with Gasteiger partial charge in [-0.3, -0.25) is 4.79 Å². The van der Waals surface area contributed by atoms with Crippen LogP contribution in [0.3, 0.4) is 0 Å². The van der Waals surface area contributed by atoms with Gasteiger partial charge in [-0.1, -0.05) is 58.4 Å². The van der Waals surface area contributed by atoms with Gasteiger partial charge in [-0.25, -0.2) is 12.7 Å². The predicted molar refractivity (Wildman–Crippen MR) is 119 cm³/mol. The molecule has 0 saturated carbocycles. The second-order valence-electron chi connectivity index (χ2n) is 7.39. The Morgan fingerprint density at radius 1 is 1.03 bits per heavy atom. The SMILES string of the molecule is CCN(Cc1ccccc1)C(=O)C1CCN(S(=O)(=O)Cc2ccc(Br)cc2)CC1. The molecule has 0 radical (unpaired) electrons. The van der Waals surface area contributed by atoms with Crippen molar-refractivity contribution in [1.29, 1.82) is 0 Å². The lowest BCUT2D eigenvalue weighted by Gasteiger charge is -2.33. The van der Waals surface area contributed by atoms with Gasteiger partial charge in [-0.2, -0.15) is 0 Å². The average molecular weight is 479 g/mol. The Morgan fingerprint density at radius 2 is 1.66 bits per heavy atom. The van der Waals surface area contributed by atoms with Gasteiger partial charge in [0.15, 0.2) is 0 Å². The zero-order chi connectivity index (χ0) is 20.9. The summed E-state index contributed by atoms with van der Waals surface area (Å²) in [5, 5.41) is 0. The molecule has 2 aromatic carbocycles. The molecule has 0 spiro atoms. The van der Waals surface area contributed by atoms with Gasteiger partial charge in [0.2, 0.25) is 15.9 Å². The van der Waals surface area contributed by atoms with E-state index in [1.807, 2.05) is 66.4 Å². The van der Waals surface area contributed by atoms with E-state index in [0.29, 0.717) is 39.0 Å². The quantitative estimate of drug-likeness (QED) is 0.603. The van der Waals surface area contributed by atoms with E-state index >= 15 is 0 Å². The second kappa shape index (κ2) is 9.87. The van der Waals surface area contributed by atoms with Crippen LogP contribution in [-0.4, -0.2) is 43.2 Å². The van der Waals surface area contributed by atoms with Gasteiger partial charge in [0.1, 0.15) is 0 Å². The van der Waals surface area contributed by atoms with Crippen molar-refractivity contribution >= 4 is 31.9 Å². The predicted octanol–water partition coefficient (Wildman–Crippen LogP) is 4.04. The smallest absolute Gasteiger partial charge is 0.226 e. The third kappa shape index (κ3) is 5.90. The standard InChI is InChI=1S/C22H27BrN2O3S/c1-2-24(16-18-6-4-3-5-7-18)22(26)20-12-14-25(15-13-20)29(27,28)17-19-8-10-21(23)11-9-19/h3-11,20H,2,12-17H2,1H3. The molecule has 0 atom stereocenters. The van der Waals surface area contributed by atoms with Crippen LogP contribution >= 0.6 is 15.9 Å². The molecule has 0 aliphatic carbocycles. The van der Waals surface area contributed by atoms with Gasteiger partial charge in [0.05, 0.1) is 5.75 Å². The van der Waals surface area contributed by atoms with Crippen molar-refractivity contribution in [3.8, 4) is 0 Å². The first kappa shape index (κ1) is 22.0. The van der Waals surface area contributed by atoms with Crippen LogP contribution in [0, 0.1) is 5.92 Å². The number of sulfonamides is 1. The van der Waals surface area contributed by atoms with Crippen molar-refractivity contribution in [2.24, 2.45) is 5.92 Å². The molecule has 1 saturated heterocycles. The molecule has 1 heterocycles. The molecule has 7 heteroatoms. The number of nitrogens with zero attached hydrogens (tertiary/aromatic N) is 2. The van der Waals surface area contributed by atoms with E-state index < -0.39 is 10.0 Å². The summed E-state index contributed by atoms with van der Waals surface area (Å²) in [5.41, 5.74) is 1.88. The first-order valence-corrected chi connectivity index (χ1v) is 12.3. The van der Waals surface area contributed by atoms with Crippen molar-refractivity contribution in [2.75, 3.05) is 19.6 Å². The highest BCUT2D eigenvalue weighted by Gasteiger charge is 2.32. The highest BCUT2D eigenvalue weighted by Crippen LogP contribution is 2.24. The van der Waals surface area contributed by atoms with Gasteiger partial charge in [-0.15, -0.1) is 0 Å². The van der Waals surface area contributed by atoms with Crippen LogP contribution < -0.4 is 0 Å². The summed E-state index contributed by atoms with van der Waals surface area (Å²) in [6.45, 7) is 4.03. The van der Waals surface area contributed by atoms with E-state index in [1.54, 1.807) is 0 Å². The van der Waals surface area contributed by atoms with Crippen molar-refractivity contribution in [2.45, 2.75) is 32.1 Å². The fraction of sp³-hybridized carbons (Fsp3) is 0.409. The van der Waals surface area contributed by atoms with E-state index in [-0.39, 0.29) is 17.6 Å². The third-order valence-electron chi connectivity index (χ3n) is 5.37. The first-order valence-electron chi connectivity index (χ1n) is 9.94. The first-order chi connectivity index (χ1) is 13.9. The Balaban J connectivity index is 1.57. The van der Waals surface area contributed by atoms with Gasteiger partial charge in [0.25, 0.3) is 0 Å².